The third kappa shape index (κ3) is 4.94. The standard InChI is InChI=1S/C23H31N5O3Si/c1-26-9-10-27(15-22(26)30)21-13-17(7-8-24-21)23-19-14-18(29)5-6-20(19)28(25-23)16-31-11-12-32(2,3)4/h5-8,13-14,29H,9-12,15-16H2,1-4H3. The summed E-state index contributed by atoms with van der Waals surface area (Å²) in [6.07, 6.45) is 1.74. The molecule has 32 heavy (non-hydrogen) atoms. The number of aromatic nitrogens is 3. The molecule has 3 heterocycles. The number of pyridine rings is 1. The van der Waals surface area contributed by atoms with E-state index in [1.807, 2.05) is 34.8 Å². The summed E-state index contributed by atoms with van der Waals surface area (Å²) in [5, 5.41) is 15.8. The average molecular weight is 454 g/mol. The van der Waals surface area contributed by atoms with Crippen molar-refractivity contribution in [2.75, 3.05) is 38.2 Å². The van der Waals surface area contributed by atoms with Crippen molar-refractivity contribution in [3.8, 4) is 17.0 Å². The van der Waals surface area contributed by atoms with Crippen molar-refractivity contribution in [2.24, 2.45) is 0 Å². The van der Waals surface area contributed by atoms with Crippen molar-refractivity contribution in [1.82, 2.24) is 19.7 Å². The van der Waals surface area contributed by atoms with Crippen LogP contribution in [0, 0.1) is 0 Å². The molecule has 8 nitrogen and oxygen atoms in total. The number of hydrogen-bond donors (Lipinski definition) is 1. The van der Waals surface area contributed by atoms with E-state index in [4.69, 9.17) is 9.84 Å². The van der Waals surface area contributed by atoms with Crippen LogP contribution in [0.2, 0.25) is 25.7 Å². The van der Waals surface area contributed by atoms with Gasteiger partial charge in [-0.15, -0.1) is 0 Å². The van der Waals surface area contributed by atoms with Crippen LogP contribution in [0.15, 0.2) is 36.5 Å². The van der Waals surface area contributed by atoms with Gasteiger partial charge in [-0.2, -0.15) is 5.10 Å². The van der Waals surface area contributed by atoms with Crippen molar-refractivity contribution < 1.29 is 14.6 Å². The number of rotatable bonds is 7. The molecule has 0 spiro atoms. The highest BCUT2D eigenvalue weighted by atomic mass is 28.3. The normalized spacial score (nSPS) is 15.1. The SMILES string of the molecule is CN1CCN(c2cc(-c3nn(COCC[Si](C)(C)C)c4ccc(O)cc34)ccn2)CC1=O. The third-order valence-corrected chi connectivity index (χ3v) is 7.45. The van der Waals surface area contributed by atoms with E-state index < -0.39 is 8.07 Å². The van der Waals surface area contributed by atoms with E-state index in [-0.39, 0.29) is 11.7 Å². The van der Waals surface area contributed by atoms with Crippen LogP contribution in [-0.4, -0.2) is 72.0 Å². The van der Waals surface area contributed by atoms with Crippen molar-refractivity contribution >= 4 is 30.7 Å². The number of likely N-dealkylation sites (N-methyl/N-ethyl adjacent to an activating group) is 1. The monoisotopic (exact) mass is 453 g/mol. The zero-order valence-electron chi connectivity index (χ0n) is 19.2. The maximum absolute atomic E-state index is 12.1. The molecule has 170 valence electrons. The Morgan fingerprint density at radius 1 is 1.16 bits per heavy atom. The lowest BCUT2D eigenvalue weighted by Gasteiger charge is -2.32. The van der Waals surface area contributed by atoms with E-state index in [1.54, 1.807) is 23.2 Å². The summed E-state index contributed by atoms with van der Waals surface area (Å²) in [5.41, 5.74) is 2.55. The first-order valence-electron chi connectivity index (χ1n) is 10.9. The number of benzene rings is 1. The van der Waals surface area contributed by atoms with Gasteiger partial charge >= 0.3 is 0 Å². The van der Waals surface area contributed by atoms with Crippen LogP contribution >= 0.6 is 0 Å². The van der Waals surface area contributed by atoms with Gasteiger partial charge in [-0.3, -0.25) is 4.79 Å². The first-order chi connectivity index (χ1) is 15.2. The number of aromatic hydroxyl groups is 1. The molecule has 1 aliphatic rings. The summed E-state index contributed by atoms with van der Waals surface area (Å²) in [5.74, 6) is 1.02. The van der Waals surface area contributed by atoms with Crippen LogP contribution in [0.5, 0.6) is 5.75 Å². The van der Waals surface area contributed by atoms with Crippen molar-refractivity contribution in [2.45, 2.75) is 32.4 Å². The zero-order valence-corrected chi connectivity index (χ0v) is 20.2. The van der Waals surface area contributed by atoms with Gasteiger partial charge in [-0.25, -0.2) is 9.67 Å². The smallest absolute Gasteiger partial charge is 0.241 e. The minimum Gasteiger partial charge on any atom is -0.508 e. The lowest BCUT2D eigenvalue weighted by molar-refractivity contribution is -0.129. The molecular weight excluding hydrogens is 422 g/mol. The molecule has 1 N–H and O–H groups in total. The quantitative estimate of drug-likeness (QED) is 0.436. The number of carbonyl (C=O) groups is 1. The fourth-order valence-electron chi connectivity index (χ4n) is 3.70. The predicted molar refractivity (Wildman–Crippen MR) is 129 cm³/mol. The number of hydrogen-bond acceptors (Lipinski definition) is 6. The van der Waals surface area contributed by atoms with E-state index in [0.717, 1.165) is 40.6 Å². The fourth-order valence-corrected chi connectivity index (χ4v) is 4.46. The van der Waals surface area contributed by atoms with Crippen molar-refractivity contribution in [3.05, 3.63) is 36.5 Å². The predicted octanol–water partition coefficient (Wildman–Crippen LogP) is 3.39. The molecule has 1 aliphatic heterocycles. The molecule has 1 saturated heterocycles. The molecule has 0 aliphatic carbocycles. The number of fused-ring (bicyclic) bond motifs is 1. The molecule has 0 radical (unpaired) electrons. The van der Waals surface area contributed by atoms with Crippen LogP contribution in [0.4, 0.5) is 5.82 Å². The summed E-state index contributed by atoms with van der Waals surface area (Å²) >= 11 is 0. The molecule has 0 bridgehead atoms. The maximum Gasteiger partial charge on any atom is 0.241 e. The highest BCUT2D eigenvalue weighted by molar-refractivity contribution is 6.76. The molecule has 1 fully saturated rings. The molecule has 2 aromatic heterocycles. The van der Waals surface area contributed by atoms with Gasteiger partial charge in [0.05, 0.1) is 12.1 Å². The molecule has 4 rings (SSSR count). The van der Waals surface area contributed by atoms with Gasteiger partial charge in [0, 0.05) is 52.0 Å². The summed E-state index contributed by atoms with van der Waals surface area (Å²) < 4.78 is 7.78. The molecule has 9 heteroatoms. The fraction of sp³-hybridized carbons (Fsp3) is 0.435. The summed E-state index contributed by atoms with van der Waals surface area (Å²) in [6, 6.07) is 10.2. The molecule has 0 atom stereocenters. The van der Waals surface area contributed by atoms with Gasteiger partial charge in [0.2, 0.25) is 5.91 Å². The lowest BCUT2D eigenvalue weighted by Crippen LogP contribution is -2.48. The van der Waals surface area contributed by atoms with Crippen LogP contribution < -0.4 is 4.90 Å². The number of piperazine rings is 1. The van der Waals surface area contributed by atoms with Gasteiger partial charge in [-0.1, -0.05) is 19.6 Å². The highest BCUT2D eigenvalue weighted by Gasteiger charge is 2.23. The largest absolute Gasteiger partial charge is 0.508 e. The maximum atomic E-state index is 12.1. The number of nitrogens with zero attached hydrogens (tertiary/aromatic N) is 5. The topological polar surface area (TPSA) is 83.7 Å². The Balaban J connectivity index is 1.63. The van der Waals surface area contributed by atoms with E-state index >= 15 is 0 Å². The van der Waals surface area contributed by atoms with E-state index in [2.05, 4.69) is 24.6 Å². The Kier molecular flexibility index (Phi) is 6.21. The molecule has 1 amide bonds. The first kappa shape index (κ1) is 22.3. The molecular formula is C23H31N5O3Si. The molecule has 3 aromatic rings. The van der Waals surface area contributed by atoms with Gasteiger partial charge in [0.15, 0.2) is 0 Å². The number of carbonyl (C=O) groups excluding carboxylic acids is 1. The van der Waals surface area contributed by atoms with Crippen LogP contribution in [0.1, 0.15) is 0 Å². The molecule has 1 aromatic carbocycles. The van der Waals surface area contributed by atoms with E-state index in [0.29, 0.717) is 26.4 Å². The van der Waals surface area contributed by atoms with Crippen LogP contribution in [0.25, 0.3) is 22.2 Å². The first-order valence-corrected chi connectivity index (χ1v) is 14.6. The average Bonchev–Trinajstić information content (AvgIpc) is 3.10. The van der Waals surface area contributed by atoms with Gasteiger partial charge in [-0.05, 0) is 36.4 Å². The summed E-state index contributed by atoms with van der Waals surface area (Å²) in [7, 11) is 0.657. The zero-order chi connectivity index (χ0) is 22.9. The third-order valence-electron chi connectivity index (χ3n) is 5.74. The van der Waals surface area contributed by atoms with Gasteiger partial charge in [0.25, 0.3) is 0 Å². The number of anilines is 1. The van der Waals surface area contributed by atoms with Gasteiger partial charge in [0.1, 0.15) is 24.0 Å². The lowest BCUT2D eigenvalue weighted by atomic mass is 10.1. The number of amides is 1. The van der Waals surface area contributed by atoms with Gasteiger partial charge < -0.3 is 19.6 Å². The Morgan fingerprint density at radius 2 is 1.97 bits per heavy atom. The van der Waals surface area contributed by atoms with E-state index in [1.165, 1.54) is 0 Å². The van der Waals surface area contributed by atoms with E-state index in [9.17, 15) is 9.90 Å². The van der Waals surface area contributed by atoms with Crippen molar-refractivity contribution in [3.63, 3.8) is 0 Å². The summed E-state index contributed by atoms with van der Waals surface area (Å²) in [4.78, 5) is 20.3. The summed E-state index contributed by atoms with van der Waals surface area (Å²) in [6.45, 7) is 9.77. The Labute approximate surface area is 189 Å². The Bertz CT molecular complexity index is 1120. The van der Waals surface area contributed by atoms with Crippen molar-refractivity contribution in [1.29, 1.82) is 0 Å². The minimum absolute atomic E-state index is 0.0820. The Hall–Kier alpha value is -2.91. The minimum atomic E-state index is -1.16. The number of phenols is 1. The van der Waals surface area contributed by atoms with Crippen LogP contribution in [-0.2, 0) is 16.3 Å². The second-order valence-electron chi connectivity index (χ2n) is 9.54. The second-order valence-corrected chi connectivity index (χ2v) is 15.2. The second kappa shape index (κ2) is 8.91. The number of ether oxygens (including phenoxy) is 1. The van der Waals surface area contributed by atoms with Crippen LogP contribution in [0.3, 0.4) is 0 Å². The molecule has 0 unspecified atom stereocenters. The molecule has 0 saturated carbocycles. The Morgan fingerprint density at radius 3 is 2.72 bits per heavy atom. The number of phenolic OH excluding ortho intramolecular Hbond substituents is 1. The highest BCUT2D eigenvalue weighted by Crippen LogP contribution is 2.32.